The van der Waals surface area contributed by atoms with Crippen molar-refractivity contribution in [2.75, 3.05) is 42.6 Å². The van der Waals surface area contributed by atoms with Crippen molar-refractivity contribution < 1.29 is 13.2 Å². The van der Waals surface area contributed by atoms with Crippen molar-refractivity contribution in [3.63, 3.8) is 0 Å². The van der Waals surface area contributed by atoms with E-state index in [1.54, 1.807) is 0 Å². The molecule has 24 heavy (non-hydrogen) atoms. The minimum atomic E-state index is -2.96. The molecule has 0 spiro atoms. The summed E-state index contributed by atoms with van der Waals surface area (Å²) in [7, 11) is -2.96. The molecular formula is C17H25N3O3S. The number of anilines is 1. The van der Waals surface area contributed by atoms with Gasteiger partial charge in [-0.3, -0.25) is 9.69 Å². The maximum atomic E-state index is 12.4. The molecule has 3 rings (SSSR count). The summed E-state index contributed by atoms with van der Waals surface area (Å²) in [5, 5.41) is 2.90. The van der Waals surface area contributed by atoms with Crippen LogP contribution >= 0.6 is 0 Å². The largest absolute Gasteiger partial charge is 0.369 e. The van der Waals surface area contributed by atoms with E-state index >= 15 is 0 Å². The van der Waals surface area contributed by atoms with E-state index in [1.165, 1.54) is 5.69 Å². The van der Waals surface area contributed by atoms with Crippen molar-refractivity contribution >= 4 is 21.4 Å². The van der Waals surface area contributed by atoms with Crippen molar-refractivity contribution in [2.45, 2.75) is 25.4 Å². The molecule has 2 fully saturated rings. The number of carbonyl (C=O) groups excluding carboxylic acids is 1. The smallest absolute Gasteiger partial charge is 0.237 e. The highest BCUT2D eigenvalue weighted by atomic mass is 32.2. The molecule has 1 amide bonds. The van der Waals surface area contributed by atoms with E-state index in [-0.39, 0.29) is 29.5 Å². The second-order valence-electron chi connectivity index (χ2n) is 6.64. The van der Waals surface area contributed by atoms with Gasteiger partial charge in [-0.15, -0.1) is 0 Å². The first-order valence-corrected chi connectivity index (χ1v) is 10.3. The first-order chi connectivity index (χ1) is 11.4. The fraction of sp³-hybridized carbons (Fsp3) is 0.588. The topological polar surface area (TPSA) is 69.7 Å². The van der Waals surface area contributed by atoms with Crippen LogP contribution in [0.15, 0.2) is 30.3 Å². The van der Waals surface area contributed by atoms with Crippen molar-refractivity contribution in [1.29, 1.82) is 0 Å². The summed E-state index contributed by atoms with van der Waals surface area (Å²) in [4.78, 5) is 16.9. The summed E-state index contributed by atoms with van der Waals surface area (Å²) in [6, 6.07) is 9.83. The molecule has 0 aromatic heterocycles. The van der Waals surface area contributed by atoms with Gasteiger partial charge in [-0.05, 0) is 25.5 Å². The first-order valence-electron chi connectivity index (χ1n) is 8.49. The molecule has 2 unspecified atom stereocenters. The first kappa shape index (κ1) is 17.2. The van der Waals surface area contributed by atoms with Crippen LogP contribution in [0.5, 0.6) is 0 Å². The highest BCUT2D eigenvalue weighted by Gasteiger charge is 2.32. The summed E-state index contributed by atoms with van der Waals surface area (Å²) in [5.41, 5.74) is 1.21. The molecule has 2 aliphatic heterocycles. The average molecular weight is 351 g/mol. The van der Waals surface area contributed by atoms with E-state index in [0.717, 1.165) is 26.2 Å². The molecule has 1 aromatic rings. The molecule has 2 heterocycles. The van der Waals surface area contributed by atoms with Crippen molar-refractivity contribution in [1.82, 2.24) is 10.2 Å². The molecule has 132 valence electrons. The minimum absolute atomic E-state index is 0.0646. The number of carbonyl (C=O) groups is 1. The van der Waals surface area contributed by atoms with Crippen LogP contribution in [0.1, 0.15) is 13.3 Å². The Morgan fingerprint density at radius 1 is 1.17 bits per heavy atom. The lowest BCUT2D eigenvalue weighted by Crippen LogP contribution is -2.55. The molecule has 2 atom stereocenters. The molecule has 1 aromatic carbocycles. The van der Waals surface area contributed by atoms with E-state index in [9.17, 15) is 13.2 Å². The third kappa shape index (κ3) is 4.08. The lowest BCUT2D eigenvalue weighted by atomic mass is 10.1. The quantitative estimate of drug-likeness (QED) is 0.855. The Bertz CT molecular complexity index is 670. The summed E-state index contributed by atoms with van der Waals surface area (Å²) < 4.78 is 23.0. The second-order valence-corrected chi connectivity index (χ2v) is 8.87. The lowest BCUT2D eigenvalue weighted by molar-refractivity contribution is -0.126. The van der Waals surface area contributed by atoms with Gasteiger partial charge < -0.3 is 10.2 Å². The van der Waals surface area contributed by atoms with Gasteiger partial charge in [0.15, 0.2) is 9.84 Å². The van der Waals surface area contributed by atoms with Crippen molar-refractivity contribution in [2.24, 2.45) is 0 Å². The Morgan fingerprint density at radius 2 is 1.83 bits per heavy atom. The molecule has 7 heteroatoms. The number of rotatable bonds is 4. The highest BCUT2D eigenvalue weighted by Crippen LogP contribution is 2.17. The van der Waals surface area contributed by atoms with Gasteiger partial charge in [0, 0.05) is 37.9 Å². The number of hydrogen-bond donors (Lipinski definition) is 1. The van der Waals surface area contributed by atoms with Crippen molar-refractivity contribution in [3.8, 4) is 0 Å². The van der Waals surface area contributed by atoms with Crippen molar-refractivity contribution in [3.05, 3.63) is 30.3 Å². The van der Waals surface area contributed by atoms with Crippen LogP contribution < -0.4 is 10.2 Å². The summed E-state index contributed by atoms with van der Waals surface area (Å²) in [6.45, 7) is 5.33. The van der Waals surface area contributed by atoms with Gasteiger partial charge in [-0.2, -0.15) is 0 Å². The van der Waals surface area contributed by atoms with Crippen LogP contribution in [0.2, 0.25) is 0 Å². The molecule has 2 saturated heterocycles. The number of sulfone groups is 1. The summed E-state index contributed by atoms with van der Waals surface area (Å²) >= 11 is 0. The van der Waals surface area contributed by atoms with Gasteiger partial charge in [0.1, 0.15) is 0 Å². The predicted molar refractivity (Wildman–Crippen MR) is 94.9 cm³/mol. The molecule has 6 nitrogen and oxygen atoms in total. The van der Waals surface area contributed by atoms with E-state index in [0.29, 0.717) is 6.42 Å². The number of hydrogen-bond acceptors (Lipinski definition) is 5. The number of nitrogens with zero attached hydrogens (tertiary/aromatic N) is 2. The molecule has 1 N–H and O–H groups in total. The standard InChI is InChI=1S/C17H25N3O3S/c1-14(17(21)18-15-7-12-24(22,23)13-15)19-8-10-20(11-9-19)16-5-3-2-4-6-16/h2-6,14-15H,7-13H2,1H3,(H,18,21). The Morgan fingerprint density at radius 3 is 2.42 bits per heavy atom. The Labute approximate surface area is 143 Å². The predicted octanol–water partition coefficient (Wildman–Crippen LogP) is 0.500. The average Bonchev–Trinajstić information content (AvgIpc) is 2.93. The van der Waals surface area contributed by atoms with Gasteiger partial charge in [-0.25, -0.2) is 8.42 Å². The van der Waals surface area contributed by atoms with E-state index < -0.39 is 9.84 Å². The molecular weight excluding hydrogens is 326 g/mol. The van der Waals surface area contributed by atoms with Crippen LogP contribution in [-0.4, -0.2) is 69.0 Å². The fourth-order valence-electron chi connectivity index (χ4n) is 3.40. The third-order valence-electron chi connectivity index (χ3n) is 4.94. The number of benzene rings is 1. The van der Waals surface area contributed by atoms with Crippen LogP contribution in [0.25, 0.3) is 0 Å². The minimum Gasteiger partial charge on any atom is -0.369 e. The van der Waals surface area contributed by atoms with Gasteiger partial charge in [-0.1, -0.05) is 18.2 Å². The maximum Gasteiger partial charge on any atom is 0.237 e. The summed E-state index contributed by atoms with van der Waals surface area (Å²) in [5.74, 6) is 0.195. The maximum absolute atomic E-state index is 12.4. The Balaban J connectivity index is 1.50. The van der Waals surface area contributed by atoms with Gasteiger partial charge in [0.2, 0.25) is 5.91 Å². The molecule has 0 aliphatic carbocycles. The van der Waals surface area contributed by atoms with Gasteiger partial charge in [0.05, 0.1) is 17.5 Å². The monoisotopic (exact) mass is 351 g/mol. The Kier molecular flexibility index (Phi) is 5.10. The zero-order valence-corrected chi connectivity index (χ0v) is 14.8. The van der Waals surface area contributed by atoms with E-state index in [4.69, 9.17) is 0 Å². The van der Waals surface area contributed by atoms with E-state index in [1.807, 2.05) is 25.1 Å². The van der Waals surface area contributed by atoms with Crippen LogP contribution in [0.3, 0.4) is 0 Å². The number of amides is 1. The molecule has 2 aliphatic rings. The number of nitrogens with one attached hydrogen (secondary N) is 1. The van der Waals surface area contributed by atoms with Crippen LogP contribution in [0, 0.1) is 0 Å². The van der Waals surface area contributed by atoms with E-state index in [2.05, 4.69) is 27.2 Å². The third-order valence-corrected chi connectivity index (χ3v) is 6.71. The summed E-state index contributed by atoms with van der Waals surface area (Å²) in [6.07, 6.45) is 0.530. The zero-order chi connectivity index (χ0) is 17.2. The highest BCUT2D eigenvalue weighted by molar-refractivity contribution is 7.91. The molecule has 0 radical (unpaired) electrons. The normalized spacial score (nSPS) is 25.4. The molecule has 0 bridgehead atoms. The van der Waals surface area contributed by atoms with Crippen LogP contribution in [-0.2, 0) is 14.6 Å². The Hall–Kier alpha value is -1.60. The second kappa shape index (κ2) is 7.11. The van der Waals surface area contributed by atoms with Crippen LogP contribution in [0.4, 0.5) is 5.69 Å². The lowest BCUT2D eigenvalue weighted by Gasteiger charge is -2.38. The van der Waals surface area contributed by atoms with Gasteiger partial charge in [0.25, 0.3) is 0 Å². The zero-order valence-electron chi connectivity index (χ0n) is 14.0. The SMILES string of the molecule is CC(C(=O)NC1CCS(=O)(=O)C1)N1CCN(c2ccccc2)CC1. The molecule has 0 saturated carbocycles. The number of para-hydroxylation sites is 1. The fourth-order valence-corrected chi connectivity index (χ4v) is 5.08. The van der Waals surface area contributed by atoms with Gasteiger partial charge >= 0.3 is 0 Å². The number of piperazine rings is 1.